The second kappa shape index (κ2) is 6.55. The number of ether oxygens (including phenoxy) is 1. The fourth-order valence-electron chi connectivity index (χ4n) is 1.23. The zero-order valence-electron chi connectivity index (χ0n) is 10.1. The lowest BCUT2D eigenvalue weighted by Gasteiger charge is -2.16. The van der Waals surface area contributed by atoms with Gasteiger partial charge in [-0.25, -0.2) is 4.39 Å². The van der Waals surface area contributed by atoms with Gasteiger partial charge in [-0.1, -0.05) is 17.9 Å². The molecule has 19 heavy (non-hydrogen) atoms. The summed E-state index contributed by atoms with van der Waals surface area (Å²) in [6.07, 6.45) is -6.37. The molecule has 1 atom stereocenters. The number of hydrogen-bond donors (Lipinski definition) is 1. The van der Waals surface area contributed by atoms with E-state index in [0.29, 0.717) is 5.56 Å². The largest absolute Gasteiger partial charge is 0.414 e. The Bertz CT molecular complexity index is 486. The van der Waals surface area contributed by atoms with Gasteiger partial charge in [0.15, 0.2) is 6.10 Å². The van der Waals surface area contributed by atoms with E-state index in [-0.39, 0.29) is 12.2 Å². The van der Waals surface area contributed by atoms with Crippen molar-refractivity contribution in [1.82, 2.24) is 0 Å². The highest BCUT2D eigenvalue weighted by Gasteiger charge is 2.36. The number of rotatable bonds is 3. The second-order valence-corrected chi connectivity index (χ2v) is 3.76. The van der Waals surface area contributed by atoms with Crippen LogP contribution in [0.25, 0.3) is 0 Å². The van der Waals surface area contributed by atoms with Crippen molar-refractivity contribution in [2.24, 2.45) is 0 Å². The van der Waals surface area contributed by atoms with Crippen molar-refractivity contribution in [3.8, 4) is 11.8 Å². The van der Waals surface area contributed by atoms with Crippen molar-refractivity contribution in [3.63, 3.8) is 0 Å². The summed E-state index contributed by atoms with van der Waals surface area (Å²) in [5, 5.41) is 8.57. The van der Waals surface area contributed by atoms with Gasteiger partial charge in [0.2, 0.25) is 0 Å². The minimum Gasteiger partial charge on any atom is -0.384 e. The molecular formula is C13H12F4O2. The van der Waals surface area contributed by atoms with E-state index in [1.807, 2.05) is 0 Å². The molecule has 6 heteroatoms. The van der Waals surface area contributed by atoms with Crippen LogP contribution in [0.5, 0.6) is 0 Å². The van der Waals surface area contributed by atoms with Crippen LogP contribution in [0.2, 0.25) is 0 Å². The van der Waals surface area contributed by atoms with E-state index in [2.05, 4.69) is 16.6 Å². The summed E-state index contributed by atoms with van der Waals surface area (Å²) >= 11 is 0. The van der Waals surface area contributed by atoms with Gasteiger partial charge in [0.25, 0.3) is 0 Å². The predicted molar refractivity (Wildman–Crippen MR) is 60.7 cm³/mol. The Morgan fingerprint density at radius 2 is 2.05 bits per heavy atom. The molecule has 0 radical (unpaired) electrons. The SMILES string of the molecule is CC(OCc1ccc(F)cc1C#CCO)C(F)(F)F. The smallest absolute Gasteiger partial charge is 0.384 e. The maximum atomic E-state index is 13.0. The molecule has 0 spiro atoms. The fourth-order valence-corrected chi connectivity index (χ4v) is 1.23. The maximum absolute atomic E-state index is 13.0. The van der Waals surface area contributed by atoms with Crippen LogP contribution in [0.15, 0.2) is 18.2 Å². The number of halogens is 4. The molecule has 0 bridgehead atoms. The van der Waals surface area contributed by atoms with E-state index in [1.54, 1.807) is 0 Å². The van der Waals surface area contributed by atoms with Gasteiger partial charge in [-0.2, -0.15) is 13.2 Å². The van der Waals surface area contributed by atoms with E-state index < -0.39 is 24.7 Å². The van der Waals surface area contributed by atoms with Crippen LogP contribution in [-0.4, -0.2) is 24.0 Å². The lowest BCUT2D eigenvalue weighted by Crippen LogP contribution is -2.28. The Morgan fingerprint density at radius 1 is 1.37 bits per heavy atom. The number of hydrogen-bond acceptors (Lipinski definition) is 2. The van der Waals surface area contributed by atoms with Gasteiger partial charge in [0.1, 0.15) is 12.4 Å². The van der Waals surface area contributed by atoms with Crippen LogP contribution in [-0.2, 0) is 11.3 Å². The summed E-state index contributed by atoms with van der Waals surface area (Å²) in [5.41, 5.74) is 0.530. The molecule has 0 saturated heterocycles. The number of aliphatic hydroxyl groups is 1. The lowest BCUT2D eigenvalue weighted by molar-refractivity contribution is -0.217. The van der Waals surface area contributed by atoms with E-state index >= 15 is 0 Å². The molecule has 0 aliphatic rings. The van der Waals surface area contributed by atoms with Crippen molar-refractivity contribution < 1.29 is 27.4 Å². The summed E-state index contributed by atoms with van der Waals surface area (Å²) in [6, 6.07) is 3.50. The average Bonchev–Trinajstić information content (AvgIpc) is 2.33. The predicted octanol–water partition coefficient (Wildman–Crippen LogP) is 2.64. The van der Waals surface area contributed by atoms with E-state index in [4.69, 9.17) is 5.11 Å². The molecule has 1 rings (SSSR count). The summed E-state index contributed by atoms with van der Waals surface area (Å²) in [5.74, 6) is 4.22. The van der Waals surface area contributed by atoms with E-state index in [1.165, 1.54) is 6.07 Å². The molecule has 0 fully saturated rings. The van der Waals surface area contributed by atoms with Crippen LogP contribution in [0, 0.1) is 17.7 Å². The Labute approximate surface area is 108 Å². The Hall–Kier alpha value is -1.58. The van der Waals surface area contributed by atoms with Gasteiger partial charge in [-0.05, 0) is 24.6 Å². The van der Waals surface area contributed by atoms with Crippen molar-refractivity contribution in [2.45, 2.75) is 25.8 Å². The number of alkyl halides is 3. The van der Waals surface area contributed by atoms with Crippen molar-refractivity contribution >= 4 is 0 Å². The number of aliphatic hydroxyl groups excluding tert-OH is 1. The molecule has 0 amide bonds. The third kappa shape index (κ3) is 4.89. The summed E-state index contributed by atoms with van der Waals surface area (Å²) < 4.78 is 54.5. The highest BCUT2D eigenvalue weighted by molar-refractivity contribution is 5.41. The molecule has 104 valence electrons. The monoisotopic (exact) mass is 276 g/mol. The molecule has 1 aromatic rings. The molecule has 2 nitrogen and oxygen atoms in total. The lowest BCUT2D eigenvalue weighted by atomic mass is 10.1. The second-order valence-electron chi connectivity index (χ2n) is 3.76. The first-order valence-corrected chi connectivity index (χ1v) is 5.41. The highest BCUT2D eigenvalue weighted by atomic mass is 19.4. The molecule has 0 saturated carbocycles. The van der Waals surface area contributed by atoms with Gasteiger partial charge in [-0.15, -0.1) is 0 Å². The van der Waals surface area contributed by atoms with Crippen LogP contribution in [0.3, 0.4) is 0 Å². The quantitative estimate of drug-likeness (QED) is 0.679. The Morgan fingerprint density at radius 3 is 2.63 bits per heavy atom. The van der Waals surface area contributed by atoms with Crippen LogP contribution in [0.1, 0.15) is 18.1 Å². The molecule has 1 N–H and O–H groups in total. The molecule has 0 aromatic heterocycles. The third-order valence-corrected chi connectivity index (χ3v) is 2.32. The minimum atomic E-state index is -4.45. The molecule has 1 unspecified atom stereocenters. The summed E-state index contributed by atoms with van der Waals surface area (Å²) in [6.45, 7) is 0.134. The summed E-state index contributed by atoms with van der Waals surface area (Å²) in [7, 11) is 0. The minimum absolute atomic E-state index is 0.198. The topological polar surface area (TPSA) is 29.5 Å². The van der Waals surface area contributed by atoms with Gasteiger partial charge >= 0.3 is 6.18 Å². The van der Waals surface area contributed by atoms with Crippen LogP contribution >= 0.6 is 0 Å². The molecule has 1 aromatic carbocycles. The van der Waals surface area contributed by atoms with Crippen molar-refractivity contribution in [3.05, 3.63) is 35.1 Å². The van der Waals surface area contributed by atoms with Crippen LogP contribution < -0.4 is 0 Å². The van der Waals surface area contributed by atoms with Crippen molar-refractivity contribution in [2.75, 3.05) is 6.61 Å². The first-order valence-electron chi connectivity index (χ1n) is 5.41. The standard InChI is InChI=1S/C13H12F4O2/c1-9(13(15,16)17)19-8-11-4-5-12(14)7-10(11)3-2-6-18/h4-5,7,9,18H,6,8H2,1H3. The molecule has 0 aliphatic heterocycles. The number of benzene rings is 1. The first-order chi connectivity index (χ1) is 8.84. The third-order valence-electron chi connectivity index (χ3n) is 2.32. The fraction of sp³-hybridized carbons (Fsp3) is 0.385. The van der Waals surface area contributed by atoms with Crippen LogP contribution in [0.4, 0.5) is 17.6 Å². The van der Waals surface area contributed by atoms with Crippen molar-refractivity contribution in [1.29, 1.82) is 0 Å². The zero-order valence-corrected chi connectivity index (χ0v) is 10.1. The highest BCUT2D eigenvalue weighted by Crippen LogP contribution is 2.23. The van der Waals surface area contributed by atoms with Gasteiger partial charge < -0.3 is 9.84 Å². The Kier molecular flexibility index (Phi) is 5.33. The normalized spacial score (nSPS) is 12.7. The maximum Gasteiger partial charge on any atom is 0.414 e. The van der Waals surface area contributed by atoms with Gasteiger partial charge in [0.05, 0.1) is 6.61 Å². The van der Waals surface area contributed by atoms with E-state index in [0.717, 1.165) is 19.1 Å². The molecule has 0 aliphatic carbocycles. The Balaban J connectivity index is 2.83. The molecular weight excluding hydrogens is 264 g/mol. The van der Waals surface area contributed by atoms with E-state index in [9.17, 15) is 17.6 Å². The average molecular weight is 276 g/mol. The summed E-state index contributed by atoms with van der Waals surface area (Å²) in [4.78, 5) is 0. The zero-order chi connectivity index (χ0) is 14.5. The molecule has 0 heterocycles. The first kappa shape index (κ1) is 15.5. The van der Waals surface area contributed by atoms with Gasteiger partial charge in [-0.3, -0.25) is 0 Å². The van der Waals surface area contributed by atoms with Gasteiger partial charge in [0, 0.05) is 5.56 Å².